The molecule has 0 saturated carbocycles. The van der Waals surface area contributed by atoms with Crippen LogP contribution in [0.25, 0.3) is 0 Å². The zero-order chi connectivity index (χ0) is 13.0. The molecular formula is C15H19NO2. The van der Waals surface area contributed by atoms with Gasteiger partial charge in [0.25, 0.3) is 0 Å². The Bertz CT molecular complexity index is 487. The lowest BCUT2D eigenvalue weighted by atomic mass is 10.0. The van der Waals surface area contributed by atoms with E-state index in [1.165, 1.54) is 5.56 Å². The number of furan rings is 1. The zero-order valence-electron chi connectivity index (χ0n) is 11.1. The van der Waals surface area contributed by atoms with Gasteiger partial charge in [0, 0.05) is 5.56 Å². The van der Waals surface area contributed by atoms with Crippen molar-refractivity contribution in [2.45, 2.75) is 19.9 Å². The molecule has 1 heterocycles. The number of hydrogen-bond acceptors (Lipinski definition) is 3. The fraction of sp³-hybridized carbons (Fsp3) is 0.333. The molecule has 0 aliphatic carbocycles. The summed E-state index contributed by atoms with van der Waals surface area (Å²) in [6, 6.07) is 10.4. The van der Waals surface area contributed by atoms with Crippen molar-refractivity contribution in [3.05, 3.63) is 53.5 Å². The van der Waals surface area contributed by atoms with Gasteiger partial charge in [-0.25, -0.2) is 0 Å². The van der Waals surface area contributed by atoms with Crippen molar-refractivity contribution in [3.63, 3.8) is 0 Å². The monoisotopic (exact) mass is 245 g/mol. The summed E-state index contributed by atoms with van der Waals surface area (Å²) in [6.07, 6.45) is 1.80. The lowest BCUT2D eigenvalue weighted by Gasteiger charge is -2.15. The van der Waals surface area contributed by atoms with Gasteiger partial charge >= 0.3 is 0 Å². The van der Waals surface area contributed by atoms with Crippen molar-refractivity contribution >= 4 is 0 Å². The van der Waals surface area contributed by atoms with Crippen LogP contribution in [0.2, 0.25) is 0 Å². The third-order valence-corrected chi connectivity index (χ3v) is 2.90. The molecule has 1 aromatic heterocycles. The Balaban J connectivity index is 2.22. The van der Waals surface area contributed by atoms with E-state index in [0.717, 1.165) is 17.1 Å². The van der Waals surface area contributed by atoms with Gasteiger partial charge < -0.3 is 14.5 Å². The van der Waals surface area contributed by atoms with E-state index in [4.69, 9.17) is 9.15 Å². The highest BCUT2D eigenvalue weighted by Crippen LogP contribution is 2.25. The summed E-state index contributed by atoms with van der Waals surface area (Å²) in [6.45, 7) is 4.63. The normalized spacial score (nSPS) is 12.4. The molecule has 2 rings (SSSR count). The predicted molar refractivity (Wildman–Crippen MR) is 72.0 cm³/mol. The molecule has 0 saturated heterocycles. The second-order valence-corrected chi connectivity index (χ2v) is 4.21. The molecule has 0 radical (unpaired) electrons. The molecule has 0 amide bonds. The molecule has 96 valence electrons. The summed E-state index contributed by atoms with van der Waals surface area (Å²) < 4.78 is 10.8. The fourth-order valence-electron chi connectivity index (χ4n) is 2.06. The van der Waals surface area contributed by atoms with Crippen LogP contribution in [0, 0.1) is 6.92 Å². The maximum atomic E-state index is 5.45. The third-order valence-electron chi connectivity index (χ3n) is 2.90. The van der Waals surface area contributed by atoms with Gasteiger partial charge in [-0.1, -0.05) is 12.1 Å². The van der Waals surface area contributed by atoms with Crippen molar-refractivity contribution in [1.29, 1.82) is 0 Å². The van der Waals surface area contributed by atoms with Crippen LogP contribution in [-0.2, 0) is 0 Å². The molecule has 1 unspecified atom stereocenters. The zero-order valence-corrected chi connectivity index (χ0v) is 11.1. The predicted octanol–water partition coefficient (Wildman–Crippen LogP) is 3.30. The van der Waals surface area contributed by atoms with E-state index in [0.29, 0.717) is 6.61 Å². The second-order valence-electron chi connectivity index (χ2n) is 4.21. The molecule has 1 atom stereocenters. The molecule has 0 spiro atoms. The summed E-state index contributed by atoms with van der Waals surface area (Å²) in [5.74, 6) is 1.83. The second kappa shape index (κ2) is 5.74. The smallest absolute Gasteiger partial charge is 0.119 e. The van der Waals surface area contributed by atoms with Crippen molar-refractivity contribution in [2.24, 2.45) is 0 Å². The van der Waals surface area contributed by atoms with Gasteiger partial charge in [-0.15, -0.1) is 0 Å². The lowest BCUT2D eigenvalue weighted by Crippen LogP contribution is -2.16. The van der Waals surface area contributed by atoms with Crippen LogP contribution in [0.3, 0.4) is 0 Å². The van der Waals surface area contributed by atoms with Crippen LogP contribution >= 0.6 is 0 Å². The Labute approximate surface area is 108 Å². The molecule has 2 aromatic rings. The van der Waals surface area contributed by atoms with E-state index < -0.39 is 0 Å². The highest BCUT2D eigenvalue weighted by Gasteiger charge is 2.13. The molecule has 3 heteroatoms. The standard InChI is InChI=1S/C15H19NO2/c1-4-17-14-7-5-12(6-8-14)15(16-3)13-9-11(2)18-10-13/h5-10,15-16H,4H2,1-3H3. The molecule has 18 heavy (non-hydrogen) atoms. The van der Waals surface area contributed by atoms with E-state index >= 15 is 0 Å². The fourth-order valence-corrected chi connectivity index (χ4v) is 2.06. The van der Waals surface area contributed by atoms with E-state index in [9.17, 15) is 0 Å². The molecule has 0 bridgehead atoms. The van der Waals surface area contributed by atoms with Gasteiger partial charge in [0.1, 0.15) is 11.5 Å². The summed E-state index contributed by atoms with van der Waals surface area (Å²) in [5.41, 5.74) is 2.33. The highest BCUT2D eigenvalue weighted by molar-refractivity contribution is 5.34. The first-order valence-electron chi connectivity index (χ1n) is 6.19. The Hall–Kier alpha value is -1.74. The van der Waals surface area contributed by atoms with Gasteiger partial charge in [-0.05, 0) is 44.7 Å². The van der Waals surface area contributed by atoms with Crippen molar-refractivity contribution < 1.29 is 9.15 Å². The number of benzene rings is 1. The number of nitrogens with one attached hydrogen (secondary N) is 1. The van der Waals surface area contributed by atoms with Crippen LogP contribution in [-0.4, -0.2) is 13.7 Å². The molecule has 0 fully saturated rings. The number of hydrogen-bond donors (Lipinski definition) is 1. The molecule has 1 aromatic carbocycles. The third kappa shape index (κ3) is 2.74. The van der Waals surface area contributed by atoms with E-state index in [1.807, 2.05) is 33.0 Å². The maximum Gasteiger partial charge on any atom is 0.119 e. The number of aryl methyl sites for hydroxylation is 1. The van der Waals surface area contributed by atoms with Crippen LogP contribution in [0.1, 0.15) is 29.9 Å². The molecule has 0 aliphatic rings. The van der Waals surface area contributed by atoms with Crippen molar-refractivity contribution in [2.75, 3.05) is 13.7 Å². The van der Waals surface area contributed by atoms with Crippen molar-refractivity contribution in [1.82, 2.24) is 5.32 Å². The van der Waals surface area contributed by atoms with Gasteiger partial charge in [-0.2, -0.15) is 0 Å². The van der Waals surface area contributed by atoms with Crippen molar-refractivity contribution in [3.8, 4) is 5.75 Å². The quantitative estimate of drug-likeness (QED) is 0.877. The minimum atomic E-state index is 0.151. The van der Waals surface area contributed by atoms with Gasteiger partial charge in [0.05, 0.1) is 18.9 Å². The summed E-state index contributed by atoms with van der Waals surface area (Å²) >= 11 is 0. The summed E-state index contributed by atoms with van der Waals surface area (Å²) in [7, 11) is 1.95. The average molecular weight is 245 g/mol. The first-order chi connectivity index (χ1) is 8.74. The summed E-state index contributed by atoms with van der Waals surface area (Å²) in [5, 5.41) is 3.30. The molecule has 3 nitrogen and oxygen atoms in total. The maximum absolute atomic E-state index is 5.45. The average Bonchev–Trinajstić information content (AvgIpc) is 2.79. The number of ether oxygens (including phenoxy) is 1. The first-order valence-corrected chi connectivity index (χ1v) is 6.19. The lowest BCUT2D eigenvalue weighted by molar-refractivity contribution is 0.340. The Kier molecular flexibility index (Phi) is 4.05. The van der Waals surface area contributed by atoms with E-state index in [2.05, 4.69) is 23.5 Å². The van der Waals surface area contributed by atoms with Gasteiger partial charge in [0.2, 0.25) is 0 Å². The molecular weight excluding hydrogens is 226 g/mol. The summed E-state index contributed by atoms with van der Waals surface area (Å²) in [4.78, 5) is 0. The van der Waals surface area contributed by atoms with Crippen LogP contribution in [0.5, 0.6) is 5.75 Å². The van der Waals surface area contributed by atoms with Gasteiger partial charge in [-0.3, -0.25) is 0 Å². The Morgan fingerprint density at radius 1 is 1.22 bits per heavy atom. The van der Waals surface area contributed by atoms with Crippen LogP contribution < -0.4 is 10.1 Å². The highest BCUT2D eigenvalue weighted by atomic mass is 16.5. The van der Waals surface area contributed by atoms with E-state index in [1.54, 1.807) is 6.26 Å². The largest absolute Gasteiger partial charge is 0.494 e. The molecule has 1 N–H and O–H groups in total. The van der Waals surface area contributed by atoms with E-state index in [-0.39, 0.29) is 6.04 Å². The molecule has 0 aliphatic heterocycles. The van der Waals surface area contributed by atoms with Gasteiger partial charge in [0.15, 0.2) is 0 Å². The Morgan fingerprint density at radius 2 is 1.94 bits per heavy atom. The minimum absolute atomic E-state index is 0.151. The minimum Gasteiger partial charge on any atom is -0.494 e. The first kappa shape index (κ1) is 12.7. The Morgan fingerprint density at radius 3 is 2.44 bits per heavy atom. The van der Waals surface area contributed by atoms with Crippen LogP contribution in [0.4, 0.5) is 0 Å². The SMILES string of the molecule is CCOc1ccc(C(NC)c2coc(C)c2)cc1. The number of rotatable bonds is 5. The van der Waals surface area contributed by atoms with Crippen LogP contribution in [0.15, 0.2) is 41.0 Å². The topological polar surface area (TPSA) is 34.4 Å².